The zero-order valence-corrected chi connectivity index (χ0v) is 20.3. The molecule has 2 aliphatic heterocycles. The molecule has 2 aliphatic rings. The fraction of sp³-hybridized carbons (Fsp3) is 0.417. The lowest BCUT2D eigenvalue weighted by Gasteiger charge is -2.28. The second-order valence-electron chi connectivity index (χ2n) is 8.06. The second-order valence-corrected chi connectivity index (χ2v) is 10.00. The van der Waals surface area contributed by atoms with Crippen LogP contribution in [0.25, 0.3) is 0 Å². The van der Waals surface area contributed by atoms with Crippen LogP contribution in [-0.4, -0.2) is 69.8 Å². The summed E-state index contributed by atoms with van der Waals surface area (Å²) >= 11 is 0. The average Bonchev–Trinajstić information content (AvgIpc) is 3.37. The summed E-state index contributed by atoms with van der Waals surface area (Å²) in [6.45, 7) is 6.76. The highest BCUT2D eigenvalue weighted by molar-refractivity contribution is 7.89. The fourth-order valence-corrected chi connectivity index (χ4v) is 5.52. The first-order chi connectivity index (χ1) is 16.4. The van der Waals surface area contributed by atoms with Crippen molar-refractivity contribution in [3.05, 3.63) is 54.1 Å². The van der Waals surface area contributed by atoms with E-state index in [1.165, 1.54) is 10.4 Å². The first-order valence-corrected chi connectivity index (χ1v) is 12.9. The maximum atomic E-state index is 13.2. The summed E-state index contributed by atoms with van der Waals surface area (Å²) < 4.78 is 33.1. The monoisotopic (exact) mass is 486 g/mol. The smallest absolute Gasteiger partial charge is 0.268 e. The van der Waals surface area contributed by atoms with Crippen LogP contribution in [0.4, 0.5) is 11.4 Å². The molecule has 2 aromatic carbocycles. The van der Waals surface area contributed by atoms with Crippen molar-refractivity contribution in [2.75, 3.05) is 49.6 Å². The summed E-state index contributed by atoms with van der Waals surface area (Å²) in [6, 6.07) is 14.4. The van der Waals surface area contributed by atoms with Crippen molar-refractivity contribution >= 4 is 33.0 Å². The van der Waals surface area contributed by atoms with Crippen LogP contribution in [0, 0.1) is 0 Å². The number of benzene rings is 2. The van der Waals surface area contributed by atoms with E-state index in [0.29, 0.717) is 57.2 Å². The largest absolute Gasteiger partial charge is 0.382 e. The van der Waals surface area contributed by atoms with Crippen molar-refractivity contribution in [1.82, 2.24) is 4.31 Å². The molecule has 1 N–H and O–H groups in total. The van der Waals surface area contributed by atoms with E-state index in [-0.39, 0.29) is 10.8 Å². The minimum Gasteiger partial charge on any atom is -0.382 e. The number of carbonyl (C=O) groups excluding carboxylic acids is 1. The molecule has 0 spiro atoms. The number of nitrogens with zero attached hydrogens (tertiary/aromatic N) is 3. The summed E-state index contributed by atoms with van der Waals surface area (Å²) in [7, 11) is -3.71. The van der Waals surface area contributed by atoms with Crippen LogP contribution in [0.1, 0.15) is 25.8 Å². The quantitative estimate of drug-likeness (QED) is 0.616. The van der Waals surface area contributed by atoms with E-state index in [9.17, 15) is 13.2 Å². The van der Waals surface area contributed by atoms with Crippen LogP contribution in [0.15, 0.2) is 58.6 Å². The molecule has 1 saturated heterocycles. The minimum atomic E-state index is -3.71. The summed E-state index contributed by atoms with van der Waals surface area (Å²) in [4.78, 5) is 20.7. The van der Waals surface area contributed by atoms with Crippen molar-refractivity contribution in [3.8, 4) is 0 Å². The highest BCUT2D eigenvalue weighted by atomic mass is 32.2. The Morgan fingerprint density at radius 1 is 1.12 bits per heavy atom. The lowest BCUT2D eigenvalue weighted by atomic mass is 10.0. The third-order valence-electron chi connectivity index (χ3n) is 6.01. The van der Waals surface area contributed by atoms with Gasteiger partial charge in [0.15, 0.2) is 0 Å². The van der Waals surface area contributed by atoms with Gasteiger partial charge in [0, 0.05) is 32.6 Å². The topological polar surface area (TPSA) is 101 Å². The molecule has 1 fully saturated rings. The second kappa shape index (κ2) is 10.5. The molecule has 1 unspecified atom stereocenters. The molecule has 0 saturated carbocycles. The molecule has 0 aromatic heterocycles. The molecule has 1 amide bonds. The number of anilines is 2. The molecule has 10 heteroatoms. The summed E-state index contributed by atoms with van der Waals surface area (Å²) in [6.07, 6.45) is -0.457. The number of nitrogens with one attached hydrogen (secondary N) is 1. The molecule has 182 valence electrons. The minimum absolute atomic E-state index is 0.133. The van der Waals surface area contributed by atoms with Gasteiger partial charge in [0.25, 0.3) is 5.91 Å². The van der Waals surface area contributed by atoms with E-state index in [4.69, 9.17) is 9.57 Å². The van der Waals surface area contributed by atoms with Crippen molar-refractivity contribution in [1.29, 1.82) is 0 Å². The Bertz CT molecular complexity index is 1140. The van der Waals surface area contributed by atoms with Gasteiger partial charge in [-0.3, -0.25) is 4.79 Å². The Hall–Kier alpha value is -2.95. The van der Waals surface area contributed by atoms with Gasteiger partial charge in [-0.25, -0.2) is 8.42 Å². The van der Waals surface area contributed by atoms with Gasteiger partial charge in [-0.1, -0.05) is 35.5 Å². The number of oxime groups is 1. The number of hydrogen-bond donors (Lipinski definition) is 1. The number of sulfonamides is 1. The third-order valence-corrected chi connectivity index (χ3v) is 7.90. The zero-order chi connectivity index (χ0) is 24.1. The molecular weight excluding hydrogens is 456 g/mol. The first-order valence-electron chi connectivity index (χ1n) is 11.5. The Labute approximate surface area is 200 Å². The number of amides is 1. The van der Waals surface area contributed by atoms with E-state index in [1.54, 1.807) is 12.1 Å². The van der Waals surface area contributed by atoms with Gasteiger partial charge < -0.3 is 19.8 Å². The number of carbonyl (C=O) groups is 1. The molecular formula is C24H30N4O5S. The predicted molar refractivity (Wildman–Crippen MR) is 131 cm³/mol. The Morgan fingerprint density at radius 3 is 2.50 bits per heavy atom. The van der Waals surface area contributed by atoms with E-state index in [1.807, 2.05) is 44.2 Å². The van der Waals surface area contributed by atoms with Crippen LogP contribution < -0.4 is 10.2 Å². The summed E-state index contributed by atoms with van der Waals surface area (Å²) in [5.41, 5.74) is 2.79. The Morgan fingerprint density at radius 2 is 1.82 bits per heavy atom. The lowest BCUT2D eigenvalue weighted by Crippen LogP contribution is -2.40. The number of morpholine rings is 1. The molecule has 0 aliphatic carbocycles. The first kappa shape index (κ1) is 24.2. The van der Waals surface area contributed by atoms with Crippen LogP contribution in [0.3, 0.4) is 0 Å². The molecule has 1 atom stereocenters. The van der Waals surface area contributed by atoms with Gasteiger partial charge in [0.05, 0.1) is 35.2 Å². The molecule has 0 bridgehead atoms. The predicted octanol–water partition coefficient (Wildman–Crippen LogP) is 2.69. The molecule has 9 nitrogen and oxygen atoms in total. The highest BCUT2D eigenvalue weighted by Gasteiger charge is 2.31. The van der Waals surface area contributed by atoms with E-state index < -0.39 is 16.1 Å². The number of ether oxygens (including phenoxy) is 1. The third kappa shape index (κ3) is 5.08. The van der Waals surface area contributed by atoms with Crippen molar-refractivity contribution < 1.29 is 22.8 Å². The van der Waals surface area contributed by atoms with Gasteiger partial charge in [-0.05, 0) is 37.6 Å². The highest BCUT2D eigenvalue weighted by Crippen LogP contribution is 2.31. The lowest BCUT2D eigenvalue weighted by molar-refractivity contribution is -0.125. The van der Waals surface area contributed by atoms with Gasteiger partial charge in [-0.15, -0.1) is 0 Å². The standard InChI is InChI=1S/C24H30N4O5S/c1-3-27(4-2)22-11-10-19(34(30,31)28-12-14-32-15-13-28)16-21(22)25-24(29)23-17-20(26-33-23)18-8-6-5-7-9-18/h5-11,16,23H,3-4,12-15,17H2,1-2H3,(H,25,29). The van der Waals surface area contributed by atoms with E-state index >= 15 is 0 Å². The number of rotatable bonds is 8. The van der Waals surface area contributed by atoms with Gasteiger partial charge >= 0.3 is 0 Å². The Balaban J connectivity index is 1.57. The molecule has 2 aromatic rings. The molecule has 34 heavy (non-hydrogen) atoms. The SMILES string of the molecule is CCN(CC)c1ccc(S(=O)(=O)N2CCOCC2)cc1NC(=O)C1CC(c2ccccc2)=NO1. The van der Waals surface area contributed by atoms with E-state index in [0.717, 1.165) is 11.3 Å². The van der Waals surface area contributed by atoms with Crippen molar-refractivity contribution in [2.24, 2.45) is 5.16 Å². The average molecular weight is 487 g/mol. The normalized spacial score (nSPS) is 18.8. The van der Waals surface area contributed by atoms with Gasteiger partial charge in [0.2, 0.25) is 16.1 Å². The van der Waals surface area contributed by atoms with Crippen LogP contribution in [0.5, 0.6) is 0 Å². The molecule has 2 heterocycles. The Kier molecular flexibility index (Phi) is 7.50. The summed E-state index contributed by atoms with van der Waals surface area (Å²) in [5.74, 6) is -0.371. The zero-order valence-electron chi connectivity index (χ0n) is 19.4. The summed E-state index contributed by atoms with van der Waals surface area (Å²) in [5, 5.41) is 6.99. The van der Waals surface area contributed by atoms with Crippen LogP contribution in [0.2, 0.25) is 0 Å². The molecule has 0 radical (unpaired) electrons. The van der Waals surface area contributed by atoms with Gasteiger partial charge in [-0.2, -0.15) is 4.31 Å². The fourth-order valence-electron chi connectivity index (χ4n) is 4.08. The van der Waals surface area contributed by atoms with Crippen molar-refractivity contribution in [3.63, 3.8) is 0 Å². The molecule has 4 rings (SSSR count). The van der Waals surface area contributed by atoms with Crippen LogP contribution >= 0.6 is 0 Å². The maximum absolute atomic E-state index is 13.2. The van der Waals surface area contributed by atoms with Gasteiger partial charge in [0.1, 0.15) is 0 Å². The van der Waals surface area contributed by atoms with Crippen molar-refractivity contribution in [2.45, 2.75) is 31.3 Å². The van der Waals surface area contributed by atoms with E-state index in [2.05, 4.69) is 15.4 Å². The maximum Gasteiger partial charge on any atom is 0.268 e. The van der Waals surface area contributed by atoms with Crippen LogP contribution in [-0.2, 0) is 24.4 Å². The number of hydrogen-bond acceptors (Lipinski definition) is 7.